The summed E-state index contributed by atoms with van der Waals surface area (Å²) >= 11 is 0. The number of hydrogen-bond acceptors (Lipinski definition) is 2. The fraction of sp³-hybridized carbons (Fsp3) is 1.00. The summed E-state index contributed by atoms with van der Waals surface area (Å²) in [6.07, 6.45) is 7.76. The van der Waals surface area contributed by atoms with Gasteiger partial charge < -0.3 is 10.1 Å². The first kappa shape index (κ1) is 14.9. The lowest BCUT2D eigenvalue weighted by molar-refractivity contribution is 0.107. The number of likely N-dealkylation sites (N-methyl/N-ethyl adjacent to an activating group) is 1. The van der Waals surface area contributed by atoms with Gasteiger partial charge in [-0.05, 0) is 19.4 Å². The Hall–Kier alpha value is -0.0800. The third-order valence-electron chi connectivity index (χ3n) is 2.70. The standard InChI is InChI=1S/C13H29NO/c1-4-7-8-9-10-11-15-12-13(5-2)14-6-3/h13-14H,4-12H2,1-3H3. The predicted octanol–water partition coefficient (Wildman–Crippen LogP) is 3.36. The molecule has 0 aromatic carbocycles. The second-order valence-electron chi connectivity index (χ2n) is 4.15. The maximum absolute atomic E-state index is 5.66. The number of unbranched alkanes of at least 4 members (excludes halogenated alkanes) is 4. The largest absolute Gasteiger partial charge is 0.380 e. The highest BCUT2D eigenvalue weighted by Crippen LogP contribution is 2.02. The lowest BCUT2D eigenvalue weighted by atomic mass is 10.2. The van der Waals surface area contributed by atoms with Gasteiger partial charge in [0, 0.05) is 12.6 Å². The van der Waals surface area contributed by atoms with Crippen molar-refractivity contribution in [2.75, 3.05) is 19.8 Å². The molecule has 0 amide bonds. The molecule has 0 aliphatic rings. The van der Waals surface area contributed by atoms with Crippen LogP contribution in [0, 0.1) is 0 Å². The molecule has 0 aromatic rings. The van der Waals surface area contributed by atoms with Crippen LogP contribution in [0.2, 0.25) is 0 Å². The highest BCUT2D eigenvalue weighted by atomic mass is 16.5. The average molecular weight is 215 g/mol. The van der Waals surface area contributed by atoms with Crippen LogP contribution in [-0.4, -0.2) is 25.8 Å². The van der Waals surface area contributed by atoms with E-state index in [1.807, 2.05) is 0 Å². The second-order valence-corrected chi connectivity index (χ2v) is 4.15. The van der Waals surface area contributed by atoms with Crippen molar-refractivity contribution in [1.82, 2.24) is 5.32 Å². The van der Waals surface area contributed by atoms with Gasteiger partial charge in [-0.1, -0.05) is 46.5 Å². The molecule has 2 heteroatoms. The fourth-order valence-corrected chi connectivity index (χ4v) is 1.64. The maximum atomic E-state index is 5.66. The first-order valence-corrected chi connectivity index (χ1v) is 6.66. The fourth-order valence-electron chi connectivity index (χ4n) is 1.64. The Morgan fingerprint density at radius 2 is 1.73 bits per heavy atom. The van der Waals surface area contributed by atoms with E-state index in [0.29, 0.717) is 6.04 Å². The lowest BCUT2D eigenvalue weighted by Gasteiger charge is -2.15. The van der Waals surface area contributed by atoms with E-state index in [-0.39, 0.29) is 0 Å². The molecule has 0 heterocycles. The van der Waals surface area contributed by atoms with Crippen LogP contribution in [0.1, 0.15) is 59.3 Å². The van der Waals surface area contributed by atoms with Gasteiger partial charge in [-0.25, -0.2) is 0 Å². The minimum absolute atomic E-state index is 0.547. The van der Waals surface area contributed by atoms with Crippen molar-refractivity contribution in [1.29, 1.82) is 0 Å². The van der Waals surface area contributed by atoms with E-state index in [9.17, 15) is 0 Å². The van der Waals surface area contributed by atoms with E-state index >= 15 is 0 Å². The van der Waals surface area contributed by atoms with E-state index in [2.05, 4.69) is 26.1 Å². The summed E-state index contributed by atoms with van der Waals surface area (Å²) in [7, 11) is 0. The first-order valence-electron chi connectivity index (χ1n) is 6.66. The second kappa shape index (κ2) is 12.0. The van der Waals surface area contributed by atoms with Gasteiger partial charge in [0.1, 0.15) is 0 Å². The van der Waals surface area contributed by atoms with Crippen LogP contribution in [0.15, 0.2) is 0 Å². The Labute approximate surface area is 95.8 Å². The Bertz CT molecular complexity index is 117. The van der Waals surface area contributed by atoms with Crippen molar-refractivity contribution >= 4 is 0 Å². The number of hydrogen-bond donors (Lipinski definition) is 1. The average Bonchev–Trinajstić information content (AvgIpc) is 2.26. The van der Waals surface area contributed by atoms with Gasteiger partial charge in [-0.2, -0.15) is 0 Å². The molecular formula is C13H29NO. The molecule has 15 heavy (non-hydrogen) atoms. The molecule has 0 saturated heterocycles. The molecular weight excluding hydrogens is 186 g/mol. The van der Waals surface area contributed by atoms with Crippen LogP contribution in [0.5, 0.6) is 0 Å². The SMILES string of the molecule is CCCCCCCOCC(CC)NCC. The number of ether oxygens (including phenoxy) is 1. The molecule has 0 aliphatic carbocycles. The summed E-state index contributed by atoms with van der Waals surface area (Å²) < 4.78 is 5.66. The third-order valence-corrected chi connectivity index (χ3v) is 2.70. The van der Waals surface area contributed by atoms with Gasteiger partial charge in [-0.15, -0.1) is 0 Å². The number of nitrogens with one attached hydrogen (secondary N) is 1. The molecule has 0 spiro atoms. The van der Waals surface area contributed by atoms with Crippen molar-refractivity contribution in [2.24, 2.45) is 0 Å². The van der Waals surface area contributed by atoms with Crippen LogP contribution in [0.25, 0.3) is 0 Å². The zero-order valence-electron chi connectivity index (χ0n) is 10.8. The molecule has 0 fully saturated rings. The minimum atomic E-state index is 0.547. The van der Waals surface area contributed by atoms with E-state index < -0.39 is 0 Å². The van der Waals surface area contributed by atoms with Crippen molar-refractivity contribution in [3.8, 4) is 0 Å². The van der Waals surface area contributed by atoms with Gasteiger partial charge >= 0.3 is 0 Å². The highest BCUT2D eigenvalue weighted by molar-refractivity contribution is 4.61. The van der Waals surface area contributed by atoms with Crippen molar-refractivity contribution in [3.05, 3.63) is 0 Å². The van der Waals surface area contributed by atoms with Gasteiger partial charge in [-0.3, -0.25) is 0 Å². The zero-order chi connectivity index (χ0) is 11.4. The normalized spacial score (nSPS) is 13.0. The Balaban J connectivity index is 3.14. The molecule has 2 nitrogen and oxygen atoms in total. The summed E-state index contributed by atoms with van der Waals surface area (Å²) in [5, 5.41) is 3.42. The smallest absolute Gasteiger partial charge is 0.0619 e. The molecule has 0 radical (unpaired) electrons. The molecule has 1 N–H and O–H groups in total. The maximum Gasteiger partial charge on any atom is 0.0619 e. The van der Waals surface area contributed by atoms with Crippen LogP contribution < -0.4 is 5.32 Å². The molecule has 0 aromatic heterocycles. The van der Waals surface area contributed by atoms with E-state index in [0.717, 1.165) is 26.2 Å². The number of rotatable bonds is 11. The molecule has 1 unspecified atom stereocenters. The van der Waals surface area contributed by atoms with Gasteiger partial charge in [0.15, 0.2) is 0 Å². The minimum Gasteiger partial charge on any atom is -0.380 e. The first-order chi connectivity index (χ1) is 7.35. The summed E-state index contributed by atoms with van der Waals surface area (Å²) in [6, 6.07) is 0.547. The molecule has 0 aliphatic heterocycles. The van der Waals surface area contributed by atoms with Crippen LogP contribution in [0.3, 0.4) is 0 Å². The van der Waals surface area contributed by atoms with E-state index in [1.165, 1.54) is 32.1 Å². The Morgan fingerprint density at radius 3 is 2.33 bits per heavy atom. The highest BCUT2D eigenvalue weighted by Gasteiger charge is 2.03. The predicted molar refractivity (Wildman–Crippen MR) is 67.3 cm³/mol. The molecule has 0 bridgehead atoms. The van der Waals surface area contributed by atoms with Gasteiger partial charge in [0.05, 0.1) is 6.61 Å². The summed E-state index contributed by atoms with van der Waals surface area (Å²) in [6.45, 7) is 9.45. The summed E-state index contributed by atoms with van der Waals surface area (Å²) in [5.74, 6) is 0. The summed E-state index contributed by atoms with van der Waals surface area (Å²) in [4.78, 5) is 0. The van der Waals surface area contributed by atoms with E-state index in [1.54, 1.807) is 0 Å². The van der Waals surface area contributed by atoms with Crippen molar-refractivity contribution in [3.63, 3.8) is 0 Å². The molecule has 0 rings (SSSR count). The summed E-state index contributed by atoms with van der Waals surface area (Å²) in [5.41, 5.74) is 0. The third kappa shape index (κ3) is 10.2. The van der Waals surface area contributed by atoms with Gasteiger partial charge in [0.25, 0.3) is 0 Å². The van der Waals surface area contributed by atoms with E-state index in [4.69, 9.17) is 4.74 Å². The molecule has 1 atom stereocenters. The van der Waals surface area contributed by atoms with Gasteiger partial charge in [0.2, 0.25) is 0 Å². The van der Waals surface area contributed by atoms with Crippen LogP contribution in [-0.2, 0) is 4.74 Å². The molecule has 92 valence electrons. The zero-order valence-corrected chi connectivity index (χ0v) is 10.8. The quantitative estimate of drug-likeness (QED) is 0.534. The van der Waals surface area contributed by atoms with Crippen LogP contribution >= 0.6 is 0 Å². The van der Waals surface area contributed by atoms with Crippen molar-refractivity contribution in [2.45, 2.75) is 65.3 Å². The lowest BCUT2D eigenvalue weighted by Crippen LogP contribution is -2.32. The van der Waals surface area contributed by atoms with Crippen LogP contribution in [0.4, 0.5) is 0 Å². The Kier molecular flexibility index (Phi) is 11.9. The monoisotopic (exact) mass is 215 g/mol. The van der Waals surface area contributed by atoms with Crippen molar-refractivity contribution < 1.29 is 4.74 Å². The Morgan fingerprint density at radius 1 is 1.00 bits per heavy atom. The topological polar surface area (TPSA) is 21.3 Å². The molecule has 0 saturated carbocycles.